The summed E-state index contributed by atoms with van der Waals surface area (Å²) >= 11 is 1.97. The highest BCUT2D eigenvalue weighted by atomic mass is 32.2. The summed E-state index contributed by atoms with van der Waals surface area (Å²) in [5.74, 6) is 0.811. The van der Waals surface area contributed by atoms with Gasteiger partial charge in [0.05, 0.1) is 6.54 Å². The van der Waals surface area contributed by atoms with E-state index in [4.69, 9.17) is 10.5 Å². The van der Waals surface area contributed by atoms with Crippen LogP contribution in [0.3, 0.4) is 0 Å². The average Bonchev–Trinajstić information content (AvgIpc) is 2.46. The van der Waals surface area contributed by atoms with E-state index < -0.39 is 0 Å². The first-order valence-corrected chi connectivity index (χ1v) is 7.61. The number of hydrogen-bond acceptors (Lipinski definition) is 4. The monoisotopic (exact) mass is 280 g/mol. The van der Waals surface area contributed by atoms with Gasteiger partial charge in [-0.2, -0.15) is 11.8 Å². The summed E-state index contributed by atoms with van der Waals surface area (Å²) in [5.41, 5.74) is 7.33. The number of amides is 1. The number of nitrogens with one attached hydrogen (secondary N) is 1. The topological polar surface area (TPSA) is 64.4 Å². The second-order valence-electron chi connectivity index (χ2n) is 4.58. The Morgan fingerprint density at radius 2 is 2.21 bits per heavy atom. The number of anilines is 1. The molecule has 19 heavy (non-hydrogen) atoms. The smallest absolute Gasteiger partial charge is 0.238 e. The Bertz CT molecular complexity index is 420. The number of rotatable bonds is 5. The second kappa shape index (κ2) is 7.53. The molecule has 1 aliphatic heterocycles. The molecule has 0 radical (unpaired) electrons. The summed E-state index contributed by atoms with van der Waals surface area (Å²) in [4.78, 5) is 11.2. The Hall–Kier alpha value is -1.04. The van der Waals surface area contributed by atoms with Crippen LogP contribution in [0.2, 0.25) is 0 Å². The van der Waals surface area contributed by atoms with Gasteiger partial charge in [-0.05, 0) is 30.5 Å². The van der Waals surface area contributed by atoms with Crippen LogP contribution in [-0.2, 0) is 15.3 Å². The van der Waals surface area contributed by atoms with Gasteiger partial charge in [-0.3, -0.25) is 4.79 Å². The highest BCUT2D eigenvalue weighted by Crippen LogP contribution is 2.26. The van der Waals surface area contributed by atoms with Crippen molar-refractivity contribution in [2.45, 2.75) is 23.8 Å². The lowest BCUT2D eigenvalue weighted by Gasteiger charge is -2.21. The molecular weight excluding hydrogens is 260 g/mol. The zero-order valence-corrected chi connectivity index (χ0v) is 11.7. The molecule has 1 heterocycles. The molecule has 104 valence electrons. The van der Waals surface area contributed by atoms with Gasteiger partial charge in [-0.25, -0.2) is 0 Å². The van der Waals surface area contributed by atoms with E-state index in [0.717, 1.165) is 37.5 Å². The number of nitrogens with two attached hydrogens (primary N) is 1. The third kappa shape index (κ3) is 4.86. The van der Waals surface area contributed by atoms with E-state index in [2.05, 4.69) is 11.4 Å². The quantitative estimate of drug-likeness (QED) is 0.866. The van der Waals surface area contributed by atoms with E-state index in [0.29, 0.717) is 5.25 Å². The molecular formula is C14H20N2O2S. The molecule has 0 unspecified atom stereocenters. The van der Waals surface area contributed by atoms with Gasteiger partial charge < -0.3 is 15.8 Å². The van der Waals surface area contributed by atoms with E-state index in [9.17, 15) is 4.79 Å². The Morgan fingerprint density at radius 1 is 1.42 bits per heavy atom. The zero-order valence-electron chi connectivity index (χ0n) is 10.9. The number of hydrogen-bond donors (Lipinski definition) is 2. The van der Waals surface area contributed by atoms with Crippen LogP contribution in [0.5, 0.6) is 0 Å². The summed E-state index contributed by atoms with van der Waals surface area (Å²) < 4.78 is 5.35. The third-order valence-corrected chi connectivity index (χ3v) is 4.49. The van der Waals surface area contributed by atoms with E-state index >= 15 is 0 Å². The molecule has 1 aromatic rings. The van der Waals surface area contributed by atoms with Gasteiger partial charge in [0, 0.05) is 29.9 Å². The van der Waals surface area contributed by atoms with Crippen molar-refractivity contribution >= 4 is 23.4 Å². The lowest BCUT2D eigenvalue weighted by Crippen LogP contribution is -2.21. The van der Waals surface area contributed by atoms with Crippen LogP contribution in [-0.4, -0.2) is 30.9 Å². The fourth-order valence-electron chi connectivity index (χ4n) is 2.01. The largest absolute Gasteiger partial charge is 0.381 e. The number of benzene rings is 1. The lowest BCUT2D eigenvalue weighted by atomic mass is 10.2. The van der Waals surface area contributed by atoms with Crippen molar-refractivity contribution in [1.29, 1.82) is 0 Å². The van der Waals surface area contributed by atoms with E-state index in [1.165, 1.54) is 5.56 Å². The molecule has 1 aliphatic rings. The minimum absolute atomic E-state index is 0.0149. The van der Waals surface area contributed by atoms with Gasteiger partial charge in [0.15, 0.2) is 0 Å². The van der Waals surface area contributed by atoms with Crippen molar-refractivity contribution in [2.75, 3.05) is 25.1 Å². The van der Waals surface area contributed by atoms with Crippen LogP contribution in [0.25, 0.3) is 0 Å². The van der Waals surface area contributed by atoms with Crippen LogP contribution in [0.4, 0.5) is 5.69 Å². The summed E-state index contributed by atoms with van der Waals surface area (Å²) in [5, 5.41) is 3.47. The number of carbonyl (C=O) groups excluding carboxylic acids is 1. The van der Waals surface area contributed by atoms with Crippen molar-refractivity contribution in [3.63, 3.8) is 0 Å². The minimum atomic E-state index is -0.158. The van der Waals surface area contributed by atoms with Crippen molar-refractivity contribution < 1.29 is 9.53 Å². The Labute approximate surface area is 118 Å². The number of carbonyl (C=O) groups is 1. The summed E-state index contributed by atoms with van der Waals surface area (Å²) in [6, 6.07) is 7.95. The highest BCUT2D eigenvalue weighted by Gasteiger charge is 2.14. The highest BCUT2D eigenvalue weighted by molar-refractivity contribution is 7.99. The van der Waals surface area contributed by atoms with Crippen molar-refractivity contribution in [3.8, 4) is 0 Å². The SMILES string of the molecule is NCC(=O)Nc1cccc(CSC2CCOCC2)c1. The van der Waals surface area contributed by atoms with E-state index in [1.54, 1.807) is 0 Å². The first-order valence-electron chi connectivity index (χ1n) is 6.56. The van der Waals surface area contributed by atoms with Crippen molar-refractivity contribution in [3.05, 3.63) is 29.8 Å². The molecule has 0 spiro atoms. The molecule has 0 aliphatic carbocycles. The maximum Gasteiger partial charge on any atom is 0.238 e. The van der Waals surface area contributed by atoms with Gasteiger partial charge in [0.25, 0.3) is 0 Å². The third-order valence-electron chi connectivity index (χ3n) is 3.05. The molecule has 2 rings (SSSR count). The standard InChI is InChI=1S/C14H20N2O2S/c15-9-14(17)16-12-3-1-2-11(8-12)10-19-13-4-6-18-7-5-13/h1-3,8,13H,4-7,9-10,15H2,(H,16,17). The summed E-state index contributed by atoms with van der Waals surface area (Å²) in [7, 11) is 0. The predicted molar refractivity (Wildman–Crippen MR) is 79.3 cm³/mol. The van der Waals surface area contributed by atoms with Gasteiger partial charge in [-0.15, -0.1) is 0 Å². The fraction of sp³-hybridized carbons (Fsp3) is 0.500. The minimum Gasteiger partial charge on any atom is -0.381 e. The molecule has 1 aromatic carbocycles. The average molecular weight is 280 g/mol. The zero-order chi connectivity index (χ0) is 13.5. The van der Waals surface area contributed by atoms with Crippen LogP contribution < -0.4 is 11.1 Å². The Balaban J connectivity index is 1.85. The van der Waals surface area contributed by atoms with Gasteiger partial charge >= 0.3 is 0 Å². The van der Waals surface area contributed by atoms with Crippen molar-refractivity contribution in [2.24, 2.45) is 5.73 Å². The lowest BCUT2D eigenvalue weighted by molar-refractivity contribution is -0.114. The second-order valence-corrected chi connectivity index (χ2v) is 5.86. The van der Waals surface area contributed by atoms with Crippen LogP contribution in [0.1, 0.15) is 18.4 Å². The number of thioether (sulfide) groups is 1. The van der Waals surface area contributed by atoms with Crippen LogP contribution in [0.15, 0.2) is 24.3 Å². The molecule has 1 fully saturated rings. The van der Waals surface area contributed by atoms with Crippen LogP contribution >= 0.6 is 11.8 Å². The molecule has 0 atom stereocenters. The first kappa shape index (κ1) is 14.4. The summed E-state index contributed by atoms with van der Waals surface area (Å²) in [6.07, 6.45) is 2.27. The molecule has 0 bridgehead atoms. The maximum atomic E-state index is 11.2. The van der Waals surface area contributed by atoms with Gasteiger partial charge in [0.2, 0.25) is 5.91 Å². The normalized spacial score (nSPS) is 16.3. The first-order chi connectivity index (χ1) is 9.28. The predicted octanol–water partition coefficient (Wildman–Crippen LogP) is 2.00. The van der Waals surface area contributed by atoms with Crippen LogP contribution in [0, 0.1) is 0 Å². The molecule has 3 N–H and O–H groups in total. The molecule has 0 saturated carbocycles. The Morgan fingerprint density at radius 3 is 2.95 bits per heavy atom. The van der Waals surface area contributed by atoms with Crippen molar-refractivity contribution in [1.82, 2.24) is 0 Å². The molecule has 5 heteroatoms. The molecule has 4 nitrogen and oxygen atoms in total. The van der Waals surface area contributed by atoms with Gasteiger partial charge in [0.1, 0.15) is 0 Å². The molecule has 1 amide bonds. The fourth-order valence-corrected chi connectivity index (χ4v) is 3.14. The number of ether oxygens (including phenoxy) is 1. The van der Waals surface area contributed by atoms with Gasteiger partial charge in [-0.1, -0.05) is 12.1 Å². The maximum absolute atomic E-state index is 11.2. The summed E-state index contributed by atoms with van der Waals surface area (Å²) in [6.45, 7) is 1.77. The Kier molecular flexibility index (Phi) is 5.69. The molecule has 0 aromatic heterocycles. The van der Waals surface area contributed by atoms with E-state index in [-0.39, 0.29) is 12.5 Å². The molecule has 1 saturated heterocycles. The van der Waals surface area contributed by atoms with E-state index in [1.807, 2.05) is 30.0 Å².